The van der Waals surface area contributed by atoms with Crippen LogP contribution in [0.3, 0.4) is 0 Å². The molecule has 2 rings (SSSR count). The summed E-state index contributed by atoms with van der Waals surface area (Å²) < 4.78 is 5.49. The largest absolute Gasteiger partial charge is 0.366 e. The Kier molecular flexibility index (Phi) is 4.66. The van der Waals surface area contributed by atoms with E-state index in [4.69, 9.17) is 4.74 Å². The zero-order valence-electron chi connectivity index (χ0n) is 10.6. The monoisotopic (exact) mass is 249 g/mol. The zero-order valence-corrected chi connectivity index (χ0v) is 10.6. The summed E-state index contributed by atoms with van der Waals surface area (Å²) in [4.78, 5) is 18.3. The minimum Gasteiger partial charge on any atom is -0.366 e. The summed E-state index contributed by atoms with van der Waals surface area (Å²) in [5, 5.41) is 3.17. The lowest BCUT2D eigenvalue weighted by Gasteiger charge is -2.28. The van der Waals surface area contributed by atoms with Crippen LogP contribution in [0.5, 0.6) is 0 Å². The van der Waals surface area contributed by atoms with Crippen molar-refractivity contribution >= 4 is 5.91 Å². The Balaban J connectivity index is 1.97. The number of ether oxygens (including phenoxy) is 1. The van der Waals surface area contributed by atoms with E-state index in [9.17, 15) is 4.79 Å². The second-order valence-electron chi connectivity index (χ2n) is 4.24. The zero-order chi connectivity index (χ0) is 12.8. The molecule has 1 unspecified atom stereocenters. The molecule has 2 heterocycles. The van der Waals surface area contributed by atoms with Crippen LogP contribution < -0.4 is 5.32 Å². The minimum absolute atomic E-state index is 0.0374. The lowest BCUT2D eigenvalue weighted by atomic mass is 10.2. The second kappa shape index (κ2) is 6.47. The molecule has 1 aromatic rings. The lowest BCUT2D eigenvalue weighted by molar-refractivity contribution is -0.145. The molecule has 1 saturated heterocycles. The highest BCUT2D eigenvalue weighted by Gasteiger charge is 2.26. The molecule has 98 valence electrons. The van der Waals surface area contributed by atoms with Crippen LogP contribution in [0.25, 0.3) is 0 Å². The van der Waals surface area contributed by atoms with E-state index < -0.39 is 0 Å². The van der Waals surface area contributed by atoms with Crippen molar-refractivity contribution in [2.45, 2.75) is 19.6 Å². The van der Waals surface area contributed by atoms with Gasteiger partial charge in [-0.25, -0.2) is 0 Å². The number of hydrogen-bond acceptors (Lipinski definition) is 4. The Morgan fingerprint density at radius 3 is 3.11 bits per heavy atom. The summed E-state index contributed by atoms with van der Waals surface area (Å²) in [6.45, 7) is 5.17. The Hall–Kier alpha value is -1.46. The van der Waals surface area contributed by atoms with E-state index in [1.807, 2.05) is 25.1 Å². The van der Waals surface area contributed by atoms with Crippen LogP contribution >= 0.6 is 0 Å². The number of nitrogens with zero attached hydrogens (tertiary/aromatic N) is 2. The fourth-order valence-corrected chi connectivity index (χ4v) is 1.96. The van der Waals surface area contributed by atoms with Gasteiger partial charge in [0.25, 0.3) is 5.91 Å². The molecule has 0 aromatic carbocycles. The molecule has 1 aliphatic rings. The molecule has 1 N–H and O–H groups in total. The van der Waals surface area contributed by atoms with Gasteiger partial charge in [-0.05, 0) is 19.1 Å². The number of carbonyl (C=O) groups excluding carboxylic acids is 1. The fourth-order valence-electron chi connectivity index (χ4n) is 1.96. The van der Waals surface area contributed by atoms with Gasteiger partial charge >= 0.3 is 0 Å². The van der Waals surface area contributed by atoms with Gasteiger partial charge < -0.3 is 15.0 Å². The summed E-state index contributed by atoms with van der Waals surface area (Å²) in [7, 11) is 0. The smallest absolute Gasteiger partial charge is 0.253 e. The van der Waals surface area contributed by atoms with E-state index in [2.05, 4.69) is 10.3 Å². The van der Waals surface area contributed by atoms with Gasteiger partial charge in [0.2, 0.25) is 0 Å². The highest BCUT2D eigenvalue weighted by molar-refractivity contribution is 5.81. The molecule has 5 nitrogen and oxygen atoms in total. The molecular weight excluding hydrogens is 230 g/mol. The van der Waals surface area contributed by atoms with Gasteiger partial charge in [0.05, 0.1) is 18.8 Å². The van der Waals surface area contributed by atoms with E-state index in [1.54, 1.807) is 11.1 Å². The number of amides is 1. The third-order valence-electron chi connectivity index (χ3n) is 2.98. The van der Waals surface area contributed by atoms with Crippen molar-refractivity contribution in [3.8, 4) is 0 Å². The van der Waals surface area contributed by atoms with Crippen molar-refractivity contribution in [1.82, 2.24) is 15.2 Å². The minimum atomic E-state index is -0.359. The summed E-state index contributed by atoms with van der Waals surface area (Å²) >= 11 is 0. The number of rotatable bonds is 4. The van der Waals surface area contributed by atoms with Crippen LogP contribution in [-0.2, 0) is 16.1 Å². The quantitative estimate of drug-likeness (QED) is 0.840. The molecule has 1 aromatic heterocycles. The second-order valence-corrected chi connectivity index (χ2v) is 4.24. The molecule has 1 aliphatic heterocycles. The normalized spacial score (nSPS) is 19.5. The van der Waals surface area contributed by atoms with Crippen molar-refractivity contribution in [2.75, 3.05) is 26.2 Å². The van der Waals surface area contributed by atoms with Crippen LogP contribution in [0, 0.1) is 0 Å². The maximum absolute atomic E-state index is 12.3. The van der Waals surface area contributed by atoms with Crippen molar-refractivity contribution in [1.29, 1.82) is 0 Å². The van der Waals surface area contributed by atoms with Gasteiger partial charge in [-0.2, -0.15) is 0 Å². The van der Waals surface area contributed by atoms with Crippen LogP contribution in [0.15, 0.2) is 24.4 Å². The SMILES string of the molecule is CCN(Cc1ccccn1)C(=O)C1CNCCO1. The first kappa shape index (κ1) is 13.0. The average Bonchev–Trinajstić information content (AvgIpc) is 2.46. The molecule has 0 spiro atoms. The summed E-state index contributed by atoms with van der Waals surface area (Å²) in [6.07, 6.45) is 1.38. The molecule has 1 fully saturated rings. The van der Waals surface area contributed by atoms with Gasteiger partial charge in [-0.1, -0.05) is 6.07 Å². The van der Waals surface area contributed by atoms with E-state index in [-0.39, 0.29) is 12.0 Å². The van der Waals surface area contributed by atoms with Crippen LogP contribution in [-0.4, -0.2) is 48.1 Å². The van der Waals surface area contributed by atoms with Crippen molar-refractivity contribution in [2.24, 2.45) is 0 Å². The highest BCUT2D eigenvalue weighted by Crippen LogP contribution is 2.06. The van der Waals surface area contributed by atoms with Crippen LogP contribution in [0.2, 0.25) is 0 Å². The van der Waals surface area contributed by atoms with Crippen molar-refractivity contribution in [3.05, 3.63) is 30.1 Å². The van der Waals surface area contributed by atoms with E-state index in [1.165, 1.54) is 0 Å². The molecular formula is C13H19N3O2. The molecule has 0 radical (unpaired) electrons. The van der Waals surface area contributed by atoms with Crippen molar-refractivity contribution in [3.63, 3.8) is 0 Å². The predicted molar refractivity (Wildman–Crippen MR) is 67.9 cm³/mol. The molecule has 0 aliphatic carbocycles. The number of carbonyl (C=O) groups is 1. The summed E-state index contributed by atoms with van der Waals surface area (Å²) in [5.41, 5.74) is 0.900. The van der Waals surface area contributed by atoms with Crippen LogP contribution in [0.1, 0.15) is 12.6 Å². The molecule has 5 heteroatoms. The van der Waals surface area contributed by atoms with E-state index in [0.29, 0.717) is 26.2 Å². The maximum atomic E-state index is 12.3. The first-order chi connectivity index (χ1) is 8.81. The van der Waals surface area contributed by atoms with Gasteiger partial charge in [0.15, 0.2) is 0 Å². The third-order valence-corrected chi connectivity index (χ3v) is 2.98. The standard InChI is InChI=1S/C13H19N3O2/c1-2-16(10-11-5-3-4-6-15-11)13(17)12-9-14-7-8-18-12/h3-6,12,14H,2,7-10H2,1H3. The van der Waals surface area contributed by atoms with Gasteiger partial charge in [-0.3, -0.25) is 9.78 Å². The lowest BCUT2D eigenvalue weighted by Crippen LogP contribution is -2.49. The number of morpholine rings is 1. The first-order valence-corrected chi connectivity index (χ1v) is 6.32. The first-order valence-electron chi connectivity index (χ1n) is 6.32. The Bertz CT molecular complexity index is 377. The third kappa shape index (κ3) is 3.27. The Labute approximate surface area is 107 Å². The number of hydrogen-bond donors (Lipinski definition) is 1. The number of nitrogens with one attached hydrogen (secondary N) is 1. The Morgan fingerprint density at radius 2 is 2.50 bits per heavy atom. The van der Waals surface area contributed by atoms with Gasteiger partial charge in [0.1, 0.15) is 6.10 Å². The number of aromatic nitrogens is 1. The maximum Gasteiger partial charge on any atom is 0.253 e. The highest BCUT2D eigenvalue weighted by atomic mass is 16.5. The number of pyridine rings is 1. The number of likely N-dealkylation sites (N-methyl/N-ethyl adjacent to an activating group) is 1. The van der Waals surface area contributed by atoms with E-state index >= 15 is 0 Å². The van der Waals surface area contributed by atoms with Crippen LogP contribution in [0.4, 0.5) is 0 Å². The van der Waals surface area contributed by atoms with E-state index in [0.717, 1.165) is 12.2 Å². The van der Waals surface area contributed by atoms with Gasteiger partial charge in [-0.15, -0.1) is 0 Å². The summed E-state index contributed by atoms with van der Waals surface area (Å²) in [5.74, 6) is 0.0374. The average molecular weight is 249 g/mol. The molecule has 1 amide bonds. The predicted octanol–water partition coefficient (Wildman–Crippen LogP) is 0.418. The fraction of sp³-hybridized carbons (Fsp3) is 0.538. The van der Waals surface area contributed by atoms with Gasteiger partial charge in [0, 0.05) is 25.8 Å². The molecule has 0 saturated carbocycles. The molecule has 18 heavy (non-hydrogen) atoms. The Morgan fingerprint density at radius 1 is 1.61 bits per heavy atom. The van der Waals surface area contributed by atoms with Crippen molar-refractivity contribution < 1.29 is 9.53 Å². The summed E-state index contributed by atoms with van der Waals surface area (Å²) in [6, 6.07) is 5.73. The molecule has 1 atom stereocenters. The molecule has 0 bridgehead atoms. The topological polar surface area (TPSA) is 54.5 Å².